The Bertz CT molecular complexity index is 613. The van der Waals surface area contributed by atoms with Gasteiger partial charge in [-0.3, -0.25) is 9.69 Å². The van der Waals surface area contributed by atoms with Crippen molar-refractivity contribution in [1.29, 1.82) is 0 Å². The lowest BCUT2D eigenvalue weighted by molar-refractivity contribution is -0.121. The molecule has 3 rings (SSSR count). The number of anilines is 1. The van der Waals surface area contributed by atoms with Gasteiger partial charge in [0.05, 0.1) is 11.7 Å². The minimum absolute atomic E-state index is 0.146. The Morgan fingerprint density at radius 2 is 1.92 bits per heavy atom. The molecule has 1 aliphatic heterocycles. The molecule has 0 spiro atoms. The van der Waals surface area contributed by atoms with Crippen LogP contribution in [0.25, 0.3) is 0 Å². The van der Waals surface area contributed by atoms with Gasteiger partial charge in [0.2, 0.25) is 5.91 Å². The van der Waals surface area contributed by atoms with E-state index in [0.29, 0.717) is 4.47 Å². The number of piperazine rings is 1. The molecule has 1 unspecified atom stereocenters. The lowest BCUT2D eigenvalue weighted by Crippen LogP contribution is -2.53. The number of halogens is 2. The summed E-state index contributed by atoms with van der Waals surface area (Å²) in [6.45, 7) is 6.93. The van der Waals surface area contributed by atoms with Gasteiger partial charge in [0.1, 0.15) is 5.82 Å². The monoisotopic (exact) mass is 425 g/mol. The Kier molecular flexibility index (Phi) is 7.06. The Morgan fingerprint density at radius 1 is 1.23 bits per heavy atom. The summed E-state index contributed by atoms with van der Waals surface area (Å²) in [6, 6.07) is 4.43. The van der Waals surface area contributed by atoms with Gasteiger partial charge in [-0.15, -0.1) is 0 Å². The molecule has 1 aromatic carbocycles. The van der Waals surface area contributed by atoms with E-state index in [9.17, 15) is 9.18 Å². The van der Waals surface area contributed by atoms with Crippen molar-refractivity contribution in [3.8, 4) is 0 Å². The maximum Gasteiger partial charge on any atom is 0.241 e. The lowest BCUT2D eigenvalue weighted by Gasteiger charge is -2.39. The third-order valence-corrected chi connectivity index (χ3v) is 6.26. The van der Waals surface area contributed by atoms with Gasteiger partial charge in [-0.05, 0) is 43.9 Å². The summed E-state index contributed by atoms with van der Waals surface area (Å²) in [5.41, 5.74) is 0.237. The van der Waals surface area contributed by atoms with Crippen molar-refractivity contribution in [1.82, 2.24) is 9.80 Å². The average molecular weight is 426 g/mol. The van der Waals surface area contributed by atoms with Gasteiger partial charge in [0, 0.05) is 37.2 Å². The number of hydrogen-bond donors (Lipinski definition) is 1. The summed E-state index contributed by atoms with van der Waals surface area (Å²) in [4.78, 5) is 17.2. The highest BCUT2D eigenvalue weighted by Crippen LogP contribution is 2.25. The third kappa shape index (κ3) is 5.27. The topological polar surface area (TPSA) is 35.6 Å². The molecule has 1 amide bonds. The summed E-state index contributed by atoms with van der Waals surface area (Å²) in [7, 11) is 0. The van der Waals surface area contributed by atoms with Gasteiger partial charge in [0.25, 0.3) is 0 Å². The van der Waals surface area contributed by atoms with Crippen LogP contribution in [0.5, 0.6) is 0 Å². The molecule has 0 radical (unpaired) electrons. The standard InChI is InChI=1S/C20H29BrFN3O/c1-15(20(26)23-19-8-7-17(21)13-18(19)22)25-11-9-24(10-12-25)14-16-5-3-2-4-6-16/h7-8,13,15-16H,2-6,9-12,14H2,1H3,(H,23,26). The number of nitrogens with zero attached hydrogens (tertiary/aromatic N) is 2. The Hall–Kier alpha value is -0.980. The van der Waals surface area contributed by atoms with Crippen LogP contribution in [0.2, 0.25) is 0 Å². The van der Waals surface area contributed by atoms with E-state index in [1.165, 1.54) is 44.7 Å². The van der Waals surface area contributed by atoms with Gasteiger partial charge < -0.3 is 10.2 Å². The summed E-state index contributed by atoms with van der Waals surface area (Å²) < 4.78 is 14.6. The fourth-order valence-electron chi connectivity index (χ4n) is 4.06. The molecule has 26 heavy (non-hydrogen) atoms. The zero-order valence-corrected chi connectivity index (χ0v) is 17.1. The van der Waals surface area contributed by atoms with Crippen molar-refractivity contribution >= 4 is 27.5 Å². The molecule has 4 nitrogen and oxygen atoms in total. The van der Waals surface area contributed by atoms with E-state index in [-0.39, 0.29) is 17.6 Å². The van der Waals surface area contributed by atoms with E-state index >= 15 is 0 Å². The largest absolute Gasteiger partial charge is 0.322 e. The summed E-state index contributed by atoms with van der Waals surface area (Å²) in [6.07, 6.45) is 6.91. The number of benzene rings is 1. The predicted molar refractivity (Wildman–Crippen MR) is 107 cm³/mol. The minimum atomic E-state index is -0.419. The molecule has 1 saturated carbocycles. The lowest BCUT2D eigenvalue weighted by atomic mass is 9.89. The summed E-state index contributed by atoms with van der Waals surface area (Å²) in [5.74, 6) is 0.292. The van der Waals surface area contributed by atoms with Crippen molar-refractivity contribution in [3.05, 3.63) is 28.5 Å². The van der Waals surface area contributed by atoms with Crippen LogP contribution < -0.4 is 5.32 Å². The number of hydrogen-bond acceptors (Lipinski definition) is 3. The molecule has 1 atom stereocenters. The summed E-state index contributed by atoms with van der Waals surface area (Å²) in [5, 5.41) is 2.72. The average Bonchev–Trinajstić information content (AvgIpc) is 2.65. The molecule has 1 N–H and O–H groups in total. The molecule has 1 heterocycles. The first kappa shape index (κ1) is 19.8. The Balaban J connectivity index is 1.46. The highest BCUT2D eigenvalue weighted by atomic mass is 79.9. The summed E-state index contributed by atoms with van der Waals surface area (Å²) >= 11 is 3.23. The predicted octanol–water partition coefficient (Wildman–Crippen LogP) is 4.11. The van der Waals surface area contributed by atoms with Gasteiger partial charge in [-0.2, -0.15) is 0 Å². The van der Waals surface area contributed by atoms with Gasteiger partial charge in [-0.25, -0.2) is 4.39 Å². The van der Waals surface area contributed by atoms with E-state index < -0.39 is 5.82 Å². The molecule has 1 saturated heterocycles. The Labute approximate surface area is 164 Å². The van der Waals surface area contributed by atoms with E-state index in [2.05, 4.69) is 31.0 Å². The third-order valence-electron chi connectivity index (χ3n) is 5.76. The van der Waals surface area contributed by atoms with Crippen LogP contribution in [-0.2, 0) is 4.79 Å². The fraction of sp³-hybridized carbons (Fsp3) is 0.650. The zero-order valence-electron chi connectivity index (χ0n) is 15.5. The van der Waals surface area contributed by atoms with Crippen molar-refractivity contribution in [2.75, 3.05) is 38.0 Å². The van der Waals surface area contributed by atoms with E-state index in [0.717, 1.165) is 32.1 Å². The molecule has 0 bridgehead atoms. The molecular formula is C20H29BrFN3O. The molecular weight excluding hydrogens is 397 g/mol. The van der Waals surface area contributed by atoms with Crippen molar-refractivity contribution in [3.63, 3.8) is 0 Å². The van der Waals surface area contributed by atoms with Crippen LogP contribution in [0.3, 0.4) is 0 Å². The number of nitrogens with one attached hydrogen (secondary N) is 1. The van der Waals surface area contributed by atoms with Crippen LogP contribution in [-0.4, -0.2) is 54.5 Å². The Morgan fingerprint density at radius 3 is 2.58 bits per heavy atom. The molecule has 1 aromatic rings. The van der Waals surface area contributed by atoms with E-state index in [4.69, 9.17) is 0 Å². The second-order valence-electron chi connectivity index (χ2n) is 7.63. The highest BCUT2D eigenvalue weighted by Gasteiger charge is 2.27. The SMILES string of the molecule is CC(C(=O)Nc1ccc(Br)cc1F)N1CCN(CC2CCCCC2)CC1. The van der Waals surface area contributed by atoms with Crippen LogP contribution >= 0.6 is 15.9 Å². The van der Waals surface area contributed by atoms with E-state index in [1.807, 2.05) is 6.92 Å². The first-order valence-electron chi connectivity index (χ1n) is 9.75. The first-order chi connectivity index (χ1) is 12.5. The van der Waals surface area contributed by atoms with E-state index in [1.54, 1.807) is 12.1 Å². The smallest absolute Gasteiger partial charge is 0.241 e. The number of carbonyl (C=O) groups is 1. The molecule has 2 fully saturated rings. The van der Waals surface area contributed by atoms with Crippen LogP contribution in [0.4, 0.5) is 10.1 Å². The van der Waals surface area contributed by atoms with Gasteiger partial charge >= 0.3 is 0 Å². The zero-order chi connectivity index (χ0) is 18.5. The van der Waals surface area contributed by atoms with Crippen molar-refractivity contribution < 1.29 is 9.18 Å². The second-order valence-corrected chi connectivity index (χ2v) is 8.55. The number of amides is 1. The maximum absolute atomic E-state index is 13.9. The first-order valence-corrected chi connectivity index (χ1v) is 10.5. The number of carbonyl (C=O) groups excluding carboxylic acids is 1. The molecule has 2 aliphatic rings. The van der Waals surface area contributed by atoms with Crippen LogP contribution in [0, 0.1) is 11.7 Å². The molecule has 0 aromatic heterocycles. The molecule has 6 heteroatoms. The maximum atomic E-state index is 13.9. The second kappa shape index (κ2) is 9.29. The molecule has 1 aliphatic carbocycles. The fourth-order valence-corrected chi connectivity index (χ4v) is 4.40. The van der Waals surface area contributed by atoms with Gasteiger partial charge in [0.15, 0.2) is 0 Å². The normalized spacial score (nSPS) is 21.5. The van der Waals surface area contributed by atoms with Crippen LogP contribution in [0.15, 0.2) is 22.7 Å². The highest BCUT2D eigenvalue weighted by molar-refractivity contribution is 9.10. The van der Waals surface area contributed by atoms with Crippen LogP contribution in [0.1, 0.15) is 39.0 Å². The van der Waals surface area contributed by atoms with Crippen molar-refractivity contribution in [2.45, 2.75) is 45.1 Å². The molecule has 144 valence electrons. The van der Waals surface area contributed by atoms with Crippen molar-refractivity contribution in [2.24, 2.45) is 5.92 Å². The quantitative estimate of drug-likeness (QED) is 0.770. The van der Waals surface area contributed by atoms with Gasteiger partial charge in [-0.1, -0.05) is 35.2 Å². The minimum Gasteiger partial charge on any atom is -0.322 e. The number of rotatable bonds is 5.